The van der Waals surface area contributed by atoms with E-state index >= 15 is 0 Å². The molecule has 0 radical (unpaired) electrons. The summed E-state index contributed by atoms with van der Waals surface area (Å²) in [6, 6.07) is 17.2. The monoisotopic (exact) mass is 434 g/mol. The maximum absolute atomic E-state index is 12.4. The Morgan fingerprint density at radius 2 is 1.78 bits per heavy atom. The Labute approximate surface area is 184 Å². The van der Waals surface area contributed by atoms with E-state index in [4.69, 9.17) is 4.42 Å². The summed E-state index contributed by atoms with van der Waals surface area (Å²) in [5.41, 5.74) is 2.20. The molecular formula is C23H22N4O5. The summed E-state index contributed by atoms with van der Waals surface area (Å²) in [6.07, 6.45) is 2.45. The van der Waals surface area contributed by atoms with Gasteiger partial charge in [-0.15, -0.1) is 0 Å². The maximum atomic E-state index is 12.4. The molecule has 0 spiro atoms. The van der Waals surface area contributed by atoms with Crippen molar-refractivity contribution in [1.29, 1.82) is 0 Å². The van der Waals surface area contributed by atoms with Gasteiger partial charge in [-0.25, -0.2) is 0 Å². The molecule has 2 heterocycles. The van der Waals surface area contributed by atoms with Crippen molar-refractivity contribution >= 4 is 23.2 Å². The normalized spacial score (nSPS) is 14.2. The summed E-state index contributed by atoms with van der Waals surface area (Å²) in [5.74, 6) is -1.16. The van der Waals surface area contributed by atoms with E-state index in [9.17, 15) is 19.7 Å². The fraction of sp³-hybridized carbons (Fsp3) is 0.217. The molecule has 0 fully saturated rings. The number of hydrogen-bond acceptors (Lipinski definition) is 6. The molecule has 2 aromatic carbocycles. The highest BCUT2D eigenvalue weighted by molar-refractivity contribution is 6.39. The second kappa shape index (κ2) is 9.44. The number of anilines is 1. The molecule has 2 amide bonds. The molecule has 1 aromatic heterocycles. The number of para-hydroxylation sites is 2. The van der Waals surface area contributed by atoms with Gasteiger partial charge in [0.1, 0.15) is 11.4 Å². The number of fused-ring (bicyclic) bond motifs is 1. The van der Waals surface area contributed by atoms with Gasteiger partial charge in [0.25, 0.3) is 5.69 Å². The predicted octanol–water partition coefficient (Wildman–Crippen LogP) is 3.04. The molecule has 3 aromatic rings. The molecule has 0 aliphatic carbocycles. The second-order valence-electron chi connectivity index (χ2n) is 7.46. The molecule has 0 saturated carbocycles. The minimum Gasteiger partial charge on any atom is -0.468 e. The maximum Gasteiger partial charge on any atom is 0.313 e. The van der Waals surface area contributed by atoms with E-state index < -0.39 is 16.7 Å². The molecule has 164 valence electrons. The first-order valence-corrected chi connectivity index (χ1v) is 10.2. The zero-order chi connectivity index (χ0) is 22.5. The second-order valence-corrected chi connectivity index (χ2v) is 7.46. The van der Waals surface area contributed by atoms with Gasteiger partial charge in [0.05, 0.1) is 17.2 Å². The number of hydrogen-bond donors (Lipinski definition) is 2. The van der Waals surface area contributed by atoms with Crippen molar-refractivity contribution in [2.75, 3.05) is 18.4 Å². The van der Waals surface area contributed by atoms with Crippen LogP contribution in [0, 0.1) is 10.1 Å². The summed E-state index contributed by atoms with van der Waals surface area (Å²) in [6.45, 7) is 1.62. The molecule has 2 N–H and O–H groups in total. The molecule has 1 atom stereocenters. The molecule has 0 bridgehead atoms. The number of carbonyl (C=O) groups excluding carboxylic acids is 2. The highest BCUT2D eigenvalue weighted by atomic mass is 16.6. The van der Waals surface area contributed by atoms with Gasteiger partial charge in [-0.2, -0.15) is 0 Å². The van der Waals surface area contributed by atoms with Gasteiger partial charge >= 0.3 is 11.8 Å². The first-order valence-electron chi connectivity index (χ1n) is 10.2. The van der Waals surface area contributed by atoms with E-state index in [-0.39, 0.29) is 24.0 Å². The smallest absolute Gasteiger partial charge is 0.313 e. The molecule has 32 heavy (non-hydrogen) atoms. The van der Waals surface area contributed by atoms with Crippen molar-refractivity contribution in [3.05, 3.63) is 93.9 Å². The van der Waals surface area contributed by atoms with E-state index in [1.165, 1.54) is 29.3 Å². The van der Waals surface area contributed by atoms with Gasteiger partial charge in [0.15, 0.2) is 0 Å². The van der Waals surface area contributed by atoms with E-state index in [1.54, 1.807) is 18.4 Å². The Hall–Kier alpha value is -3.98. The van der Waals surface area contributed by atoms with Gasteiger partial charge in [0, 0.05) is 25.7 Å². The third kappa shape index (κ3) is 4.68. The molecule has 1 aliphatic heterocycles. The van der Waals surface area contributed by atoms with Crippen LogP contribution in [0.4, 0.5) is 11.4 Å². The van der Waals surface area contributed by atoms with Crippen molar-refractivity contribution in [1.82, 2.24) is 10.2 Å². The molecule has 9 nitrogen and oxygen atoms in total. The number of nitrogens with zero attached hydrogens (tertiary/aromatic N) is 2. The molecular weight excluding hydrogens is 412 g/mol. The van der Waals surface area contributed by atoms with Gasteiger partial charge < -0.3 is 15.1 Å². The Morgan fingerprint density at radius 3 is 2.53 bits per heavy atom. The van der Waals surface area contributed by atoms with Crippen LogP contribution in [-0.4, -0.2) is 34.7 Å². The molecule has 4 rings (SSSR count). The Kier molecular flexibility index (Phi) is 6.27. The Bertz CT molecular complexity index is 1130. The lowest BCUT2D eigenvalue weighted by Gasteiger charge is -2.34. The van der Waals surface area contributed by atoms with Gasteiger partial charge in [-0.1, -0.05) is 36.4 Å². The van der Waals surface area contributed by atoms with Crippen LogP contribution in [0.25, 0.3) is 0 Å². The standard InChI is InChI=1S/C23H22N4O5/c28-22(23(29)25-18-8-3-4-9-19(18)27(30)31)24-14-20(21-10-5-13-32-21)26-12-11-16-6-1-2-7-17(16)15-26/h1-10,13,20H,11-12,14-15H2,(H,24,28)(H,25,29)/t20-/m1/s1. The van der Waals surface area contributed by atoms with Crippen molar-refractivity contribution in [2.24, 2.45) is 0 Å². The van der Waals surface area contributed by atoms with Crippen LogP contribution in [0.3, 0.4) is 0 Å². The number of amides is 2. The van der Waals surface area contributed by atoms with Crippen LogP contribution in [0.5, 0.6) is 0 Å². The number of carbonyl (C=O) groups is 2. The summed E-state index contributed by atoms with van der Waals surface area (Å²) >= 11 is 0. The summed E-state index contributed by atoms with van der Waals surface area (Å²) in [5, 5.41) is 16.1. The SMILES string of the molecule is O=C(NC[C@H](c1ccco1)N1CCc2ccccc2C1)C(=O)Nc1ccccc1[N+](=O)[O-]. The number of benzene rings is 2. The van der Waals surface area contributed by atoms with Crippen molar-refractivity contribution in [3.8, 4) is 0 Å². The van der Waals surface area contributed by atoms with Crippen LogP contribution in [-0.2, 0) is 22.6 Å². The molecule has 0 saturated heterocycles. The lowest BCUT2D eigenvalue weighted by atomic mass is 9.98. The van der Waals surface area contributed by atoms with E-state index in [0.29, 0.717) is 12.3 Å². The van der Waals surface area contributed by atoms with Crippen LogP contribution < -0.4 is 10.6 Å². The Balaban J connectivity index is 1.43. The average molecular weight is 434 g/mol. The molecule has 0 unspecified atom stereocenters. The predicted molar refractivity (Wildman–Crippen MR) is 117 cm³/mol. The highest BCUT2D eigenvalue weighted by Gasteiger charge is 2.28. The van der Waals surface area contributed by atoms with E-state index in [0.717, 1.165) is 13.0 Å². The van der Waals surface area contributed by atoms with E-state index in [1.807, 2.05) is 18.2 Å². The number of nitrogens with one attached hydrogen (secondary N) is 2. The Morgan fingerprint density at radius 1 is 1.03 bits per heavy atom. The van der Waals surface area contributed by atoms with Crippen molar-refractivity contribution < 1.29 is 18.9 Å². The fourth-order valence-corrected chi connectivity index (χ4v) is 3.86. The zero-order valence-electron chi connectivity index (χ0n) is 17.2. The summed E-state index contributed by atoms with van der Waals surface area (Å²) < 4.78 is 5.60. The van der Waals surface area contributed by atoms with E-state index in [2.05, 4.69) is 27.7 Å². The summed E-state index contributed by atoms with van der Waals surface area (Å²) in [7, 11) is 0. The van der Waals surface area contributed by atoms with Crippen LogP contribution in [0.1, 0.15) is 22.9 Å². The van der Waals surface area contributed by atoms with Crippen LogP contribution in [0.15, 0.2) is 71.3 Å². The highest BCUT2D eigenvalue weighted by Crippen LogP contribution is 2.28. The minimum absolute atomic E-state index is 0.0344. The first kappa shape index (κ1) is 21.3. The largest absolute Gasteiger partial charge is 0.468 e. The zero-order valence-corrected chi connectivity index (χ0v) is 17.2. The van der Waals surface area contributed by atoms with Crippen molar-refractivity contribution in [2.45, 2.75) is 19.0 Å². The van der Waals surface area contributed by atoms with Gasteiger partial charge in [-0.3, -0.25) is 24.6 Å². The quantitative estimate of drug-likeness (QED) is 0.350. The average Bonchev–Trinajstić information content (AvgIpc) is 3.33. The van der Waals surface area contributed by atoms with Gasteiger partial charge in [-0.05, 0) is 35.7 Å². The third-order valence-electron chi connectivity index (χ3n) is 5.48. The lowest BCUT2D eigenvalue weighted by molar-refractivity contribution is -0.383. The number of nitro groups is 1. The third-order valence-corrected chi connectivity index (χ3v) is 5.48. The number of rotatable bonds is 6. The van der Waals surface area contributed by atoms with Crippen LogP contribution >= 0.6 is 0 Å². The minimum atomic E-state index is -0.971. The number of nitro benzene ring substituents is 1. The topological polar surface area (TPSA) is 118 Å². The lowest BCUT2D eigenvalue weighted by Crippen LogP contribution is -2.43. The van der Waals surface area contributed by atoms with Gasteiger partial charge in [0.2, 0.25) is 0 Å². The fourth-order valence-electron chi connectivity index (χ4n) is 3.86. The first-order chi connectivity index (χ1) is 15.5. The van der Waals surface area contributed by atoms with Crippen molar-refractivity contribution in [3.63, 3.8) is 0 Å². The molecule has 9 heteroatoms. The molecule has 1 aliphatic rings. The number of furan rings is 1. The summed E-state index contributed by atoms with van der Waals surface area (Å²) in [4.78, 5) is 37.5. The van der Waals surface area contributed by atoms with Crippen LogP contribution in [0.2, 0.25) is 0 Å².